The van der Waals surface area contributed by atoms with E-state index in [1.54, 1.807) is 61.6 Å². The topological polar surface area (TPSA) is 311 Å². The molecule has 0 spiro atoms. The summed E-state index contributed by atoms with van der Waals surface area (Å²) < 4.78 is 23.2. The van der Waals surface area contributed by atoms with Crippen LogP contribution in [0.2, 0.25) is 0 Å². The number of hydrogen-bond donors (Lipinski definition) is 13. The third-order valence-electron chi connectivity index (χ3n) is 11.5. The van der Waals surface area contributed by atoms with Crippen LogP contribution in [0.4, 0.5) is 0 Å². The molecule has 0 saturated carbocycles. The lowest BCUT2D eigenvalue weighted by Crippen LogP contribution is -2.59. The molecule has 0 aromatic rings. The summed E-state index contributed by atoms with van der Waals surface area (Å²) in [6.07, 6.45) is 5.96. The molecule has 0 aromatic heterocycles. The number of aliphatic hydroxyl groups is 10. The van der Waals surface area contributed by atoms with E-state index in [4.69, 9.17) is 24.7 Å². The van der Waals surface area contributed by atoms with Crippen LogP contribution in [0.3, 0.4) is 0 Å². The lowest BCUT2D eigenvalue weighted by Gasteiger charge is -2.45. The fraction of sp³-hybridized carbons (Fsp3) is 0.660. The Bertz CT molecular complexity index is 1660. The van der Waals surface area contributed by atoms with E-state index in [1.807, 2.05) is 37.3 Å². The summed E-state index contributed by atoms with van der Waals surface area (Å²) in [4.78, 5) is 26.0. The molecule has 66 heavy (non-hydrogen) atoms. The van der Waals surface area contributed by atoms with Gasteiger partial charge >= 0.3 is 5.97 Å². The van der Waals surface area contributed by atoms with Crippen molar-refractivity contribution in [3.63, 3.8) is 0 Å². The Balaban J connectivity index is 1.88. The number of hydrogen-bond acceptors (Lipinski definition) is 18. The number of nitrogens with two attached hydrogens (primary N) is 1. The minimum atomic E-state index is -2.25. The molecule has 2 bridgehead atoms. The zero-order valence-corrected chi connectivity index (χ0v) is 38.6. The van der Waals surface area contributed by atoms with Crippen molar-refractivity contribution in [2.45, 2.75) is 163 Å². The van der Waals surface area contributed by atoms with Gasteiger partial charge in [0.2, 0.25) is 5.91 Å². The molecule has 13 N–H and O–H groups in total. The highest BCUT2D eigenvalue weighted by Crippen LogP contribution is 2.38. The van der Waals surface area contributed by atoms with E-state index in [2.05, 4.69) is 17.9 Å². The van der Waals surface area contributed by atoms with E-state index >= 15 is 0 Å². The van der Waals surface area contributed by atoms with Crippen molar-refractivity contribution in [1.29, 1.82) is 0 Å². The van der Waals surface area contributed by atoms with Crippen LogP contribution in [0.15, 0.2) is 85.1 Å². The van der Waals surface area contributed by atoms with Crippen LogP contribution in [0.5, 0.6) is 0 Å². The van der Waals surface area contributed by atoms with Gasteiger partial charge in [0.15, 0.2) is 12.1 Å². The Hall–Kier alpha value is -3.09. The minimum Gasteiger partial charge on any atom is -0.462 e. The van der Waals surface area contributed by atoms with Gasteiger partial charge < -0.3 is 81.1 Å². The number of carbonyl (C=O) groups is 2. The summed E-state index contributed by atoms with van der Waals surface area (Å²) in [5, 5.41) is 111. The first-order valence-electron chi connectivity index (χ1n) is 22.6. The van der Waals surface area contributed by atoms with Crippen LogP contribution < -0.4 is 11.1 Å². The summed E-state index contributed by atoms with van der Waals surface area (Å²) >= 11 is 4.15. The maximum absolute atomic E-state index is 13.5. The van der Waals surface area contributed by atoms with Crippen molar-refractivity contribution in [3.8, 4) is 0 Å². The molecular formula is C47H74N2O16S. The minimum absolute atomic E-state index is 0.0891. The molecule has 3 aliphatic heterocycles. The number of cyclic esters (lactones) is 1. The van der Waals surface area contributed by atoms with Gasteiger partial charge in [0, 0.05) is 50.3 Å². The van der Waals surface area contributed by atoms with Gasteiger partial charge in [-0.25, -0.2) is 0 Å². The first kappa shape index (κ1) is 57.2. The number of rotatable bonds is 5. The number of nitrogens with one attached hydrogen (secondary N) is 1. The molecule has 374 valence electrons. The van der Waals surface area contributed by atoms with Crippen molar-refractivity contribution in [3.05, 3.63) is 85.1 Å². The van der Waals surface area contributed by atoms with E-state index in [1.165, 1.54) is 0 Å². The molecule has 7 unspecified atom stereocenters. The lowest BCUT2D eigenvalue weighted by molar-refractivity contribution is -0.304. The molecule has 0 radical (unpaired) electrons. The average molecular weight is 955 g/mol. The zero-order valence-electron chi connectivity index (χ0n) is 37.8. The van der Waals surface area contributed by atoms with Gasteiger partial charge in [-0.2, -0.15) is 12.6 Å². The monoisotopic (exact) mass is 954 g/mol. The molecular weight excluding hydrogens is 881 g/mol. The van der Waals surface area contributed by atoms with Gasteiger partial charge in [0.25, 0.3) is 0 Å². The Morgan fingerprint density at radius 3 is 1.97 bits per heavy atom. The number of ether oxygens (including phenoxy) is 4. The number of amides is 1. The van der Waals surface area contributed by atoms with Crippen LogP contribution in [0.25, 0.3) is 0 Å². The molecule has 3 rings (SSSR count). The van der Waals surface area contributed by atoms with E-state index < -0.39 is 135 Å². The van der Waals surface area contributed by atoms with Crippen molar-refractivity contribution >= 4 is 24.5 Å². The van der Waals surface area contributed by atoms with Crippen molar-refractivity contribution < 1.29 is 79.6 Å². The molecule has 19 heteroatoms. The van der Waals surface area contributed by atoms with E-state index in [0.717, 1.165) is 0 Å². The van der Waals surface area contributed by atoms with E-state index in [0.29, 0.717) is 0 Å². The maximum atomic E-state index is 13.5. The first-order valence-corrected chi connectivity index (χ1v) is 23.3. The highest BCUT2D eigenvalue weighted by atomic mass is 32.1. The second-order valence-corrected chi connectivity index (χ2v) is 17.8. The summed E-state index contributed by atoms with van der Waals surface area (Å²) in [5.74, 6) is -4.81. The third kappa shape index (κ3) is 20.6. The largest absolute Gasteiger partial charge is 0.462 e. The van der Waals surface area contributed by atoms with Gasteiger partial charge in [-0.05, 0) is 26.2 Å². The number of fused-ring (bicyclic) bond motifs is 2. The highest BCUT2D eigenvalue weighted by Gasteiger charge is 2.50. The third-order valence-corrected chi connectivity index (χ3v) is 11.7. The van der Waals surface area contributed by atoms with Crippen LogP contribution in [-0.2, 0) is 28.5 Å². The normalized spacial score (nSPS) is 42.7. The predicted molar refractivity (Wildman–Crippen MR) is 247 cm³/mol. The lowest BCUT2D eigenvalue weighted by atomic mass is 9.82. The Morgan fingerprint density at radius 2 is 1.35 bits per heavy atom. The molecule has 2 fully saturated rings. The fourth-order valence-electron chi connectivity index (χ4n) is 7.81. The van der Waals surface area contributed by atoms with Crippen molar-refractivity contribution in [1.82, 2.24) is 5.32 Å². The van der Waals surface area contributed by atoms with Gasteiger partial charge in [-0.15, -0.1) is 0 Å². The molecule has 0 aliphatic carbocycles. The zero-order chi connectivity index (χ0) is 48.8. The molecule has 17 atom stereocenters. The van der Waals surface area contributed by atoms with E-state index in [-0.39, 0.29) is 56.9 Å². The molecule has 3 aliphatic rings. The second-order valence-electron chi connectivity index (χ2n) is 17.4. The number of carbonyl (C=O) groups excluding carboxylic acids is 2. The molecule has 1 amide bonds. The van der Waals surface area contributed by atoms with E-state index in [9.17, 15) is 60.7 Å². The number of esters is 1. The summed E-state index contributed by atoms with van der Waals surface area (Å²) in [7, 11) is 0. The van der Waals surface area contributed by atoms with Gasteiger partial charge in [-0.3, -0.25) is 9.59 Å². The predicted octanol–water partition coefficient (Wildman–Crippen LogP) is 0.0386. The number of allylic oxidation sites excluding steroid dienone is 12. The van der Waals surface area contributed by atoms with Gasteiger partial charge in [0.05, 0.1) is 86.0 Å². The van der Waals surface area contributed by atoms with Crippen molar-refractivity contribution in [2.75, 3.05) is 18.9 Å². The Labute approximate surface area is 392 Å². The van der Waals surface area contributed by atoms with Crippen LogP contribution in [0, 0.1) is 11.8 Å². The molecule has 18 nitrogen and oxygen atoms in total. The van der Waals surface area contributed by atoms with Crippen LogP contribution >= 0.6 is 12.6 Å². The highest BCUT2D eigenvalue weighted by molar-refractivity contribution is 7.80. The summed E-state index contributed by atoms with van der Waals surface area (Å²) in [5.41, 5.74) is 5.99. The standard InChI is InChI=1S/C47H74N2O16S/c1-29-15-13-11-9-7-5-3-4-6-8-10-12-14-16-34(64-46-44(59)43(48)39(57)28-62-46)25-40-42(45(60)49-19-20-66)38(56)27-47(61,65-40)26-33(52)23-37(55)35(53)18-17-31(50)22-32(51)24-41(58)63-30(2)21-36(29)54/h3-16,29-40,42-44,46,50-57,59,61,66H,17-28,48H2,1-2H3,(H,49,60)/b4-3+,7-5+,8-6+,11-9+,12-10+,15-13+,16-14+/t29-,30-,31?,32?,33?,34?,35?,36-,37?,38-,39+,40-,42+,43-,44-,46-,47?/m0/s1. The summed E-state index contributed by atoms with van der Waals surface area (Å²) in [6, 6.07) is -1.10. The quantitative estimate of drug-likeness (QED) is 0.128. The van der Waals surface area contributed by atoms with Gasteiger partial charge in [0.1, 0.15) is 12.2 Å². The average Bonchev–Trinajstić information content (AvgIpc) is 3.23. The second kappa shape index (κ2) is 29.7. The van der Waals surface area contributed by atoms with Crippen LogP contribution in [0.1, 0.15) is 71.6 Å². The van der Waals surface area contributed by atoms with Gasteiger partial charge in [-0.1, -0.05) is 92.0 Å². The molecule has 0 aromatic carbocycles. The Morgan fingerprint density at radius 1 is 0.742 bits per heavy atom. The number of aliphatic hydroxyl groups excluding tert-OH is 9. The fourth-order valence-corrected chi connectivity index (χ4v) is 7.92. The smallest absolute Gasteiger partial charge is 0.308 e. The molecule has 2 saturated heterocycles. The number of thiol groups is 1. The maximum Gasteiger partial charge on any atom is 0.308 e. The summed E-state index contributed by atoms with van der Waals surface area (Å²) in [6.45, 7) is 3.37. The Kier molecular flexibility index (Phi) is 25.8. The van der Waals surface area contributed by atoms with Crippen LogP contribution in [-0.4, -0.2) is 173 Å². The first-order chi connectivity index (χ1) is 31.3. The SMILES string of the molecule is C[C@H]1C[C@H](O)[C@@H](C)/C=C/C=C/C=C/C=C/C=C/C=C/C=C/C(O[C@@H]2OC[C@@H](O)[C@H](N)[C@@H]2O)C[C@@H]2OC(O)(CC(O)CC(O)C(O)CCC(O)CC(O)CC(=O)O1)C[C@H](O)[C@H]2C(=O)NCCS. The molecule has 3 heterocycles. The van der Waals surface area contributed by atoms with Crippen molar-refractivity contribution in [2.24, 2.45) is 17.6 Å².